The molecule has 1 fully saturated rings. The monoisotopic (exact) mass is 605 g/mol. The van der Waals surface area contributed by atoms with Gasteiger partial charge in [-0.05, 0) is 73.3 Å². The van der Waals surface area contributed by atoms with Crippen LogP contribution in [0.3, 0.4) is 0 Å². The van der Waals surface area contributed by atoms with Crippen molar-refractivity contribution in [1.29, 1.82) is 0 Å². The number of piperidine rings is 1. The average Bonchev–Trinajstić information content (AvgIpc) is 3.34. The van der Waals surface area contributed by atoms with Crippen LogP contribution < -0.4 is 0 Å². The third kappa shape index (κ3) is 5.70. The summed E-state index contributed by atoms with van der Waals surface area (Å²) in [6.45, 7) is 4.02. The van der Waals surface area contributed by atoms with E-state index in [1.807, 2.05) is 24.3 Å². The molecule has 10 heteroatoms. The first-order chi connectivity index (χ1) is 20.6. The van der Waals surface area contributed by atoms with Gasteiger partial charge in [0.25, 0.3) is 16.4 Å². The summed E-state index contributed by atoms with van der Waals surface area (Å²) < 4.78 is 72.4. The third-order valence-electron chi connectivity index (χ3n) is 7.86. The van der Waals surface area contributed by atoms with Gasteiger partial charge in [0.1, 0.15) is 11.5 Å². The van der Waals surface area contributed by atoms with Crippen molar-refractivity contribution >= 4 is 21.1 Å². The van der Waals surface area contributed by atoms with Crippen LogP contribution in [0, 0.1) is 12.7 Å². The summed E-state index contributed by atoms with van der Waals surface area (Å²) in [6.07, 6.45) is -0.311. The molecule has 6 nitrogen and oxygen atoms in total. The molecular weight excluding hydrogens is 575 g/mol. The van der Waals surface area contributed by atoms with Gasteiger partial charge in [0.15, 0.2) is 5.65 Å². The summed E-state index contributed by atoms with van der Waals surface area (Å²) in [5.41, 5.74) is 2.32. The van der Waals surface area contributed by atoms with Crippen LogP contribution in [-0.4, -0.2) is 46.6 Å². The van der Waals surface area contributed by atoms with Crippen molar-refractivity contribution < 1.29 is 26.7 Å². The molecule has 0 saturated carbocycles. The Bertz CT molecular complexity index is 1890. The number of pyridine rings is 1. The van der Waals surface area contributed by atoms with E-state index in [2.05, 4.69) is 9.88 Å². The van der Waals surface area contributed by atoms with E-state index in [0.29, 0.717) is 22.6 Å². The highest BCUT2D eigenvalue weighted by atomic mass is 32.2. The molecule has 0 amide bonds. The highest BCUT2D eigenvalue weighted by Crippen LogP contribution is 2.42. The number of hydrogen-bond acceptors (Lipinski definition) is 5. The minimum Gasteiger partial charge on any atom is -0.392 e. The lowest BCUT2D eigenvalue weighted by Crippen LogP contribution is -2.37. The summed E-state index contributed by atoms with van der Waals surface area (Å²) in [7, 11) is -4.50. The number of fused-ring (bicyclic) bond motifs is 1. The molecule has 1 aliphatic heterocycles. The fraction of sp³-hybridized carbons (Fsp3) is 0.242. The molecule has 1 aliphatic rings. The van der Waals surface area contributed by atoms with E-state index in [1.165, 1.54) is 36.5 Å². The number of likely N-dealkylation sites (tertiary alicyclic amines) is 1. The van der Waals surface area contributed by atoms with E-state index in [9.17, 15) is 26.7 Å². The number of nitrogens with zero attached hydrogens (tertiary/aromatic N) is 3. The number of rotatable bonds is 7. The first kappa shape index (κ1) is 29.1. The molecule has 222 valence electrons. The normalized spacial score (nSPS) is 16.3. The number of aliphatic hydroxyl groups excluding tert-OH is 1. The van der Waals surface area contributed by atoms with E-state index in [4.69, 9.17) is 0 Å². The first-order valence-electron chi connectivity index (χ1n) is 14.0. The van der Waals surface area contributed by atoms with Gasteiger partial charge in [-0.2, -0.15) is 0 Å². The van der Waals surface area contributed by atoms with Gasteiger partial charge in [-0.25, -0.2) is 30.5 Å². The van der Waals surface area contributed by atoms with Crippen molar-refractivity contribution in [3.8, 4) is 22.3 Å². The van der Waals surface area contributed by atoms with Crippen LogP contribution in [0.15, 0.2) is 90.0 Å². The Balaban J connectivity index is 1.50. The predicted octanol–water partition coefficient (Wildman–Crippen LogP) is 6.95. The number of β-amino-alcohol motifs (C(OH)–C–C–N with tert-alkyl or cyclic N) is 1. The van der Waals surface area contributed by atoms with Crippen LogP contribution in [0.4, 0.5) is 13.2 Å². The largest absolute Gasteiger partial charge is 0.392 e. The zero-order valence-electron chi connectivity index (χ0n) is 23.4. The fourth-order valence-corrected chi connectivity index (χ4v) is 7.25. The van der Waals surface area contributed by atoms with Crippen molar-refractivity contribution in [3.05, 3.63) is 108 Å². The topological polar surface area (TPSA) is 75.4 Å². The Kier molecular flexibility index (Phi) is 7.85. The molecule has 0 radical (unpaired) electrons. The van der Waals surface area contributed by atoms with Gasteiger partial charge < -0.3 is 5.11 Å². The van der Waals surface area contributed by atoms with Gasteiger partial charge in [-0.1, -0.05) is 54.1 Å². The predicted molar refractivity (Wildman–Crippen MR) is 160 cm³/mol. The maximum atomic E-state index is 14.9. The van der Waals surface area contributed by atoms with Gasteiger partial charge in [0.2, 0.25) is 0 Å². The molecule has 0 bridgehead atoms. The number of alkyl halides is 2. The number of hydrogen-bond donors (Lipinski definition) is 1. The van der Waals surface area contributed by atoms with Gasteiger partial charge in [-0.3, -0.25) is 4.90 Å². The minimum atomic E-state index is -4.50. The molecule has 3 heterocycles. The number of halogens is 3. The van der Waals surface area contributed by atoms with Crippen molar-refractivity contribution in [2.75, 3.05) is 13.1 Å². The Hall–Kier alpha value is -3.99. The van der Waals surface area contributed by atoms with Crippen LogP contribution in [0.2, 0.25) is 0 Å². The highest BCUT2D eigenvalue weighted by molar-refractivity contribution is 7.90. The number of aliphatic hydroxyl groups is 1. The second kappa shape index (κ2) is 11.6. The second-order valence-electron chi connectivity index (χ2n) is 11.0. The van der Waals surface area contributed by atoms with Gasteiger partial charge in [-0.15, -0.1) is 0 Å². The minimum absolute atomic E-state index is 0.0881. The van der Waals surface area contributed by atoms with E-state index >= 15 is 0 Å². The average molecular weight is 606 g/mol. The van der Waals surface area contributed by atoms with Crippen LogP contribution in [0.25, 0.3) is 33.3 Å². The Labute approximate surface area is 248 Å². The number of aromatic nitrogens is 2. The summed E-state index contributed by atoms with van der Waals surface area (Å²) >= 11 is 0. The first-order valence-corrected chi connectivity index (χ1v) is 15.5. The molecule has 5 aromatic rings. The lowest BCUT2D eigenvalue weighted by molar-refractivity contribution is 0.0668. The molecule has 1 unspecified atom stereocenters. The SMILES string of the molecule is Cc1ccc(S(=O)(=O)n2c(C(F)F)c(-c3cccc(F)c3)c3cc(-c4ccc(CN5CCCC(O)C5)cc4)cnc32)cc1. The lowest BCUT2D eigenvalue weighted by Gasteiger charge is -2.29. The van der Waals surface area contributed by atoms with Crippen molar-refractivity contribution in [2.24, 2.45) is 0 Å². The molecule has 1 saturated heterocycles. The van der Waals surface area contributed by atoms with Gasteiger partial charge in [0, 0.05) is 35.8 Å². The quantitative estimate of drug-likeness (QED) is 0.217. The molecule has 1 atom stereocenters. The van der Waals surface area contributed by atoms with Crippen LogP contribution in [0.1, 0.15) is 36.1 Å². The molecule has 0 spiro atoms. The Morgan fingerprint density at radius 1 is 0.977 bits per heavy atom. The zero-order valence-corrected chi connectivity index (χ0v) is 24.2. The van der Waals surface area contributed by atoms with Crippen molar-refractivity contribution in [1.82, 2.24) is 13.9 Å². The summed E-state index contributed by atoms with van der Waals surface area (Å²) in [5, 5.41) is 10.1. The standard InChI is InChI=1S/C33H30F3N3O3S/c1-21-7-13-28(14-8-21)43(41,42)39-31(32(35)36)30(24-4-2-5-26(34)16-24)29-17-25(18-37-33(29)39)23-11-9-22(10-12-23)19-38-15-3-6-27(40)20-38/h2,4-5,7-14,16-18,27,32,40H,3,6,15,19-20H2,1H3. The van der Waals surface area contributed by atoms with E-state index < -0.39 is 28.0 Å². The highest BCUT2D eigenvalue weighted by Gasteiger charge is 2.33. The summed E-state index contributed by atoms with van der Waals surface area (Å²) in [4.78, 5) is 6.46. The van der Waals surface area contributed by atoms with Gasteiger partial charge >= 0.3 is 0 Å². The van der Waals surface area contributed by atoms with E-state index in [1.54, 1.807) is 25.1 Å². The molecule has 2 aromatic heterocycles. The summed E-state index contributed by atoms with van der Waals surface area (Å²) in [5.74, 6) is -0.638. The molecule has 0 aliphatic carbocycles. The number of benzene rings is 3. The molecule has 43 heavy (non-hydrogen) atoms. The third-order valence-corrected chi connectivity index (χ3v) is 9.57. The van der Waals surface area contributed by atoms with Crippen molar-refractivity contribution in [3.63, 3.8) is 0 Å². The smallest absolute Gasteiger partial charge is 0.280 e. The van der Waals surface area contributed by atoms with E-state index in [0.717, 1.165) is 42.1 Å². The second-order valence-corrected chi connectivity index (χ2v) is 12.8. The Morgan fingerprint density at radius 2 is 1.72 bits per heavy atom. The maximum absolute atomic E-state index is 14.9. The van der Waals surface area contributed by atoms with Crippen LogP contribution >= 0.6 is 0 Å². The molecule has 6 rings (SSSR count). The summed E-state index contributed by atoms with van der Waals surface area (Å²) in [6, 6.07) is 20.5. The van der Waals surface area contributed by atoms with Crippen LogP contribution in [0.5, 0.6) is 0 Å². The fourth-order valence-electron chi connectivity index (χ4n) is 5.75. The Morgan fingerprint density at radius 3 is 2.40 bits per heavy atom. The number of aryl methyl sites for hydroxylation is 1. The lowest BCUT2D eigenvalue weighted by atomic mass is 9.99. The molecular formula is C33H30F3N3O3S. The molecule has 1 N–H and O–H groups in total. The van der Waals surface area contributed by atoms with Crippen LogP contribution in [-0.2, 0) is 16.6 Å². The maximum Gasteiger partial charge on any atom is 0.280 e. The molecule has 3 aromatic carbocycles. The van der Waals surface area contributed by atoms with E-state index in [-0.39, 0.29) is 33.2 Å². The van der Waals surface area contributed by atoms with Gasteiger partial charge in [0.05, 0.1) is 11.0 Å². The van der Waals surface area contributed by atoms with Crippen molar-refractivity contribution in [2.45, 2.75) is 43.7 Å². The zero-order chi connectivity index (χ0) is 30.3.